The van der Waals surface area contributed by atoms with Crippen LogP contribution in [0, 0.1) is 5.92 Å². The molecule has 1 aliphatic rings. The highest BCUT2D eigenvalue weighted by Gasteiger charge is 2.16. The molecule has 0 bridgehead atoms. The Labute approximate surface area is 144 Å². The molecule has 0 aliphatic heterocycles. The number of carbonyl (C=O) groups is 1. The molecule has 1 aromatic carbocycles. The quantitative estimate of drug-likeness (QED) is 0.781. The number of rotatable bonds is 7. The minimum absolute atomic E-state index is 0.218. The molecule has 4 heteroatoms. The number of aromatic nitrogens is 2. The minimum Gasteiger partial charge on any atom is -0.356 e. The first-order valence-electron chi connectivity index (χ1n) is 9.16. The smallest absolute Gasteiger partial charge is 0.220 e. The van der Waals surface area contributed by atoms with Crippen molar-refractivity contribution in [3.05, 3.63) is 42.7 Å². The van der Waals surface area contributed by atoms with E-state index in [-0.39, 0.29) is 5.91 Å². The molecule has 128 valence electrons. The molecule has 24 heavy (non-hydrogen) atoms. The second-order valence-electron chi connectivity index (χ2n) is 6.72. The molecule has 4 nitrogen and oxygen atoms in total. The molecule has 1 heterocycles. The van der Waals surface area contributed by atoms with Gasteiger partial charge in [0.05, 0.1) is 0 Å². The summed E-state index contributed by atoms with van der Waals surface area (Å²) in [5.74, 6) is 1.82. The van der Waals surface area contributed by atoms with E-state index < -0.39 is 0 Å². The van der Waals surface area contributed by atoms with Crippen molar-refractivity contribution in [2.24, 2.45) is 5.92 Å². The maximum Gasteiger partial charge on any atom is 0.220 e. The minimum atomic E-state index is 0.218. The standard InChI is InChI=1S/C20H27N3O/c24-19(16-17-8-3-1-4-9-17)21-12-7-14-23-15-13-22-20(23)18-10-5-2-6-11-18/h2,5-6,10-11,13,15,17H,1,3-4,7-9,12,14,16H2,(H,21,24). The van der Waals surface area contributed by atoms with E-state index in [2.05, 4.69) is 27.0 Å². The van der Waals surface area contributed by atoms with Gasteiger partial charge in [-0.2, -0.15) is 0 Å². The third-order valence-electron chi connectivity index (χ3n) is 4.84. The highest BCUT2D eigenvalue weighted by Crippen LogP contribution is 2.26. The first kappa shape index (κ1) is 16.7. The van der Waals surface area contributed by atoms with Crippen molar-refractivity contribution in [1.82, 2.24) is 14.9 Å². The van der Waals surface area contributed by atoms with Crippen molar-refractivity contribution in [1.29, 1.82) is 0 Å². The molecule has 3 rings (SSSR count). The lowest BCUT2D eigenvalue weighted by Gasteiger charge is -2.20. The summed E-state index contributed by atoms with van der Waals surface area (Å²) in [6.07, 6.45) is 11.9. The van der Waals surface area contributed by atoms with Crippen LogP contribution in [-0.4, -0.2) is 22.0 Å². The Kier molecular flexibility index (Phi) is 6.05. The van der Waals surface area contributed by atoms with Crippen molar-refractivity contribution in [3.8, 4) is 11.4 Å². The van der Waals surface area contributed by atoms with Crippen molar-refractivity contribution in [3.63, 3.8) is 0 Å². The van der Waals surface area contributed by atoms with Gasteiger partial charge in [0.15, 0.2) is 0 Å². The zero-order valence-electron chi connectivity index (χ0n) is 14.3. The summed E-state index contributed by atoms with van der Waals surface area (Å²) < 4.78 is 2.16. The largest absolute Gasteiger partial charge is 0.356 e. The number of carbonyl (C=O) groups excluding carboxylic acids is 1. The molecule has 1 fully saturated rings. The second-order valence-corrected chi connectivity index (χ2v) is 6.72. The van der Waals surface area contributed by atoms with Crippen LogP contribution < -0.4 is 5.32 Å². The Bertz CT molecular complexity index is 629. The summed E-state index contributed by atoms with van der Waals surface area (Å²) in [7, 11) is 0. The van der Waals surface area contributed by atoms with Crippen LogP contribution in [-0.2, 0) is 11.3 Å². The maximum absolute atomic E-state index is 12.0. The average Bonchev–Trinajstić information content (AvgIpc) is 3.09. The summed E-state index contributed by atoms with van der Waals surface area (Å²) in [5, 5.41) is 3.08. The number of nitrogens with zero attached hydrogens (tertiary/aromatic N) is 2. The highest BCUT2D eigenvalue weighted by molar-refractivity contribution is 5.76. The number of benzene rings is 1. The fraction of sp³-hybridized carbons (Fsp3) is 0.500. The topological polar surface area (TPSA) is 46.9 Å². The van der Waals surface area contributed by atoms with Gasteiger partial charge in [0.1, 0.15) is 5.82 Å². The normalized spacial score (nSPS) is 15.3. The van der Waals surface area contributed by atoms with E-state index >= 15 is 0 Å². The fourth-order valence-corrected chi connectivity index (χ4v) is 3.54. The van der Waals surface area contributed by atoms with Crippen LogP contribution in [0.15, 0.2) is 42.7 Å². The molecule has 0 saturated heterocycles. The Hall–Kier alpha value is -2.10. The Morgan fingerprint density at radius 1 is 1.17 bits per heavy atom. The van der Waals surface area contributed by atoms with Crippen molar-refractivity contribution < 1.29 is 4.79 Å². The van der Waals surface area contributed by atoms with Gasteiger partial charge in [-0.15, -0.1) is 0 Å². The molecule has 1 saturated carbocycles. The lowest BCUT2D eigenvalue weighted by molar-refractivity contribution is -0.122. The van der Waals surface area contributed by atoms with Crippen molar-refractivity contribution in [2.45, 2.75) is 51.5 Å². The van der Waals surface area contributed by atoms with E-state index in [1.807, 2.05) is 30.6 Å². The molecule has 2 aromatic rings. The number of aryl methyl sites for hydroxylation is 1. The van der Waals surface area contributed by atoms with Crippen molar-refractivity contribution in [2.75, 3.05) is 6.54 Å². The van der Waals surface area contributed by atoms with Crippen LogP contribution in [0.1, 0.15) is 44.9 Å². The summed E-state index contributed by atoms with van der Waals surface area (Å²) in [6.45, 7) is 1.60. The monoisotopic (exact) mass is 325 g/mol. The van der Waals surface area contributed by atoms with Gasteiger partial charge < -0.3 is 9.88 Å². The summed E-state index contributed by atoms with van der Waals surface area (Å²) in [6, 6.07) is 10.2. The molecule has 1 amide bonds. The fourth-order valence-electron chi connectivity index (χ4n) is 3.54. The zero-order valence-corrected chi connectivity index (χ0v) is 14.3. The van der Waals surface area contributed by atoms with Gasteiger partial charge in [-0.05, 0) is 25.2 Å². The van der Waals surface area contributed by atoms with Crippen LogP contribution in [0.5, 0.6) is 0 Å². The van der Waals surface area contributed by atoms with E-state index in [1.54, 1.807) is 0 Å². The Morgan fingerprint density at radius 3 is 2.75 bits per heavy atom. The van der Waals surface area contributed by atoms with E-state index in [0.29, 0.717) is 12.3 Å². The van der Waals surface area contributed by atoms with Crippen LogP contribution in [0.4, 0.5) is 0 Å². The molecule has 1 N–H and O–H groups in total. The van der Waals surface area contributed by atoms with E-state index in [4.69, 9.17) is 0 Å². The molecular formula is C20H27N3O. The SMILES string of the molecule is O=C(CC1CCCCC1)NCCCn1ccnc1-c1ccccc1. The molecular weight excluding hydrogens is 298 g/mol. The lowest BCUT2D eigenvalue weighted by Crippen LogP contribution is -2.27. The van der Waals surface area contributed by atoms with Crippen LogP contribution in [0.25, 0.3) is 11.4 Å². The Morgan fingerprint density at radius 2 is 1.96 bits per heavy atom. The number of imidazole rings is 1. The predicted molar refractivity (Wildman–Crippen MR) is 96.5 cm³/mol. The summed E-state index contributed by atoms with van der Waals surface area (Å²) in [4.78, 5) is 16.5. The number of nitrogens with one attached hydrogen (secondary N) is 1. The molecule has 1 aliphatic carbocycles. The van der Waals surface area contributed by atoms with E-state index in [0.717, 1.165) is 30.9 Å². The first-order chi connectivity index (χ1) is 11.8. The number of hydrogen-bond acceptors (Lipinski definition) is 2. The molecule has 1 aromatic heterocycles. The molecule has 0 spiro atoms. The molecule has 0 radical (unpaired) electrons. The maximum atomic E-state index is 12.0. The second kappa shape index (κ2) is 8.67. The van der Waals surface area contributed by atoms with E-state index in [1.165, 1.54) is 32.1 Å². The highest BCUT2D eigenvalue weighted by atomic mass is 16.1. The summed E-state index contributed by atoms with van der Waals surface area (Å²) in [5.41, 5.74) is 1.13. The van der Waals surface area contributed by atoms with Gasteiger partial charge in [0.25, 0.3) is 0 Å². The summed E-state index contributed by atoms with van der Waals surface area (Å²) >= 11 is 0. The van der Waals surface area contributed by atoms with E-state index in [9.17, 15) is 4.79 Å². The molecule has 0 atom stereocenters. The van der Waals surface area contributed by atoms with Gasteiger partial charge >= 0.3 is 0 Å². The lowest BCUT2D eigenvalue weighted by atomic mass is 9.87. The van der Waals surface area contributed by atoms with Crippen LogP contribution in [0.2, 0.25) is 0 Å². The van der Waals surface area contributed by atoms with Gasteiger partial charge in [-0.1, -0.05) is 49.6 Å². The zero-order chi connectivity index (χ0) is 16.6. The average molecular weight is 325 g/mol. The first-order valence-corrected chi connectivity index (χ1v) is 9.16. The number of amides is 1. The van der Waals surface area contributed by atoms with Gasteiger partial charge in [-0.3, -0.25) is 4.79 Å². The van der Waals surface area contributed by atoms with Crippen LogP contribution in [0.3, 0.4) is 0 Å². The van der Waals surface area contributed by atoms with Crippen LogP contribution >= 0.6 is 0 Å². The van der Waals surface area contributed by atoms with Gasteiger partial charge in [-0.25, -0.2) is 4.98 Å². The van der Waals surface area contributed by atoms with Gasteiger partial charge in [0, 0.05) is 37.5 Å². The van der Waals surface area contributed by atoms with Crippen molar-refractivity contribution >= 4 is 5.91 Å². The van der Waals surface area contributed by atoms with Gasteiger partial charge in [0.2, 0.25) is 5.91 Å². The Balaban J connectivity index is 1.41. The molecule has 0 unspecified atom stereocenters. The number of hydrogen-bond donors (Lipinski definition) is 1. The third-order valence-corrected chi connectivity index (χ3v) is 4.84. The predicted octanol–water partition coefficient (Wildman–Crippen LogP) is 4.03. The third kappa shape index (κ3) is 4.70.